The molecule has 0 radical (unpaired) electrons. The highest BCUT2D eigenvalue weighted by Gasteiger charge is 2.37. The first-order valence-electron chi connectivity index (χ1n) is 7.17. The first-order valence-corrected chi connectivity index (χ1v) is 7.17. The summed E-state index contributed by atoms with van der Waals surface area (Å²) in [7, 11) is 1.68. The van der Waals surface area contributed by atoms with Crippen molar-refractivity contribution in [1.29, 1.82) is 0 Å². The molecular formula is C14H21N3O3. The molecule has 3 rings (SSSR count). The second-order valence-corrected chi connectivity index (χ2v) is 5.59. The van der Waals surface area contributed by atoms with Gasteiger partial charge in [0.25, 0.3) is 0 Å². The van der Waals surface area contributed by atoms with E-state index in [9.17, 15) is 4.79 Å². The minimum Gasteiger partial charge on any atom is -0.380 e. The number of carbonyl (C=O) groups is 1. The summed E-state index contributed by atoms with van der Waals surface area (Å²) < 4.78 is 10.9. The Hall–Kier alpha value is -1.40. The number of nitrogens with zero attached hydrogens (tertiary/aromatic N) is 2. The number of hydrogen-bond donors (Lipinski definition) is 1. The predicted molar refractivity (Wildman–Crippen MR) is 72.0 cm³/mol. The molecule has 1 aliphatic heterocycles. The maximum atomic E-state index is 12.3. The van der Waals surface area contributed by atoms with Crippen molar-refractivity contribution in [1.82, 2.24) is 14.9 Å². The summed E-state index contributed by atoms with van der Waals surface area (Å²) in [6.45, 7) is 1.47. The molecule has 20 heavy (non-hydrogen) atoms. The monoisotopic (exact) mass is 279 g/mol. The van der Waals surface area contributed by atoms with Crippen molar-refractivity contribution >= 4 is 5.91 Å². The second kappa shape index (κ2) is 5.93. The number of H-pyrrole nitrogens is 1. The van der Waals surface area contributed by atoms with Crippen LogP contribution in [-0.4, -0.2) is 53.7 Å². The minimum atomic E-state index is -0.0352. The average molecular weight is 279 g/mol. The molecule has 1 saturated heterocycles. The van der Waals surface area contributed by atoms with Crippen LogP contribution >= 0.6 is 0 Å². The van der Waals surface area contributed by atoms with Gasteiger partial charge in [-0.1, -0.05) is 0 Å². The van der Waals surface area contributed by atoms with Gasteiger partial charge in [-0.05, 0) is 18.8 Å². The van der Waals surface area contributed by atoms with Crippen molar-refractivity contribution in [3.63, 3.8) is 0 Å². The summed E-state index contributed by atoms with van der Waals surface area (Å²) in [4.78, 5) is 21.5. The van der Waals surface area contributed by atoms with E-state index >= 15 is 0 Å². The maximum Gasteiger partial charge on any atom is 0.249 e. The average Bonchev–Trinajstić information content (AvgIpc) is 2.96. The van der Waals surface area contributed by atoms with Crippen LogP contribution in [0.25, 0.3) is 0 Å². The Kier molecular flexibility index (Phi) is 4.03. The Morgan fingerprint density at radius 2 is 2.40 bits per heavy atom. The third-order valence-corrected chi connectivity index (χ3v) is 4.03. The molecule has 0 aromatic carbocycles. The van der Waals surface area contributed by atoms with E-state index in [0.29, 0.717) is 19.1 Å². The molecule has 1 saturated carbocycles. The van der Waals surface area contributed by atoms with Crippen LogP contribution in [0.3, 0.4) is 0 Å². The van der Waals surface area contributed by atoms with Crippen molar-refractivity contribution in [2.45, 2.75) is 31.4 Å². The summed E-state index contributed by atoms with van der Waals surface area (Å²) in [5.74, 6) is 1.51. The molecule has 0 bridgehead atoms. The molecule has 1 aliphatic carbocycles. The summed E-state index contributed by atoms with van der Waals surface area (Å²) in [6.07, 6.45) is 6.80. The van der Waals surface area contributed by atoms with E-state index in [2.05, 4.69) is 9.97 Å². The van der Waals surface area contributed by atoms with Crippen molar-refractivity contribution in [3.8, 4) is 0 Å². The van der Waals surface area contributed by atoms with Gasteiger partial charge in [-0.15, -0.1) is 0 Å². The normalized spacial score (nSPS) is 26.1. The van der Waals surface area contributed by atoms with Crippen LogP contribution in [0.4, 0.5) is 0 Å². The van der Waals surface area contributed by atoms with E-state index in [1.165, 1.54) is 12.8 Å². The van der Waals surface area contributed by atoms with E-state index in [-0.39, 0.29) is 24.7 Å². The number of rotatable bonds is 6. The van der Waals surface area contributed by atoms with Gasteiger partial charge in [-0.2, -0.15) is 0 Å². The van der Waals surface area contributed by atoms with Crippen LogP contribution in [0.15, 0.2) is 12.4 Å². The molecule has 1 aromatic rings. The van der Waals surface area contributed by atoms with Gasteiger partial charge < -0.3 is 19.4 Å². The molecule has 2 fully saturated rings. The zero-order valence-corrected chi connectivity index (χ0v) is 11.7. The van der Waals surface area contributed by atoms with E-state index < -0.39 is 0 Å². The number of likely N-dealkylation sites (tertiary alicyclic amines) is 1. The zero-order chi connectivity index (χ0) is 13.9. The number of ether oxygens (including phenoxy) is 2. The standard InChI is InChI=1S/C14H21N3O3/c1-19-11-6-12(14-15-4-5-16-14)17(7-11)13(18)9-20-8-10-2-3-10/h4-5,10-12H,2-3,6-9H2,1H3,(H,15,16)/t11-,12+/m1/s1. The molecule has 1 aromatic heterocycles. The van der Waals surface area contributed by atoms with Crippen LogP contribution in [0, 0.1) is 5.92 Å². The van der Waals surface area contributed by atoms with Crippen molar-refractivity contribution in [2.24, 2.45) is 5.92 Å². The van der Waals surface area contributed by atoms with E-state index in [1.54, 1.807) is 19.5 Å². The SMILES string of the molecule is CO[C@@H]1C[C@@H](c2ncc[nH]2)N(C(=O)COCC2CC2)C1. The van der Waals surface area contributed by atoms with Gasteiger partial charge in [0.2, 0.25) is 5.91 Å². The van der Waals surface area contributed by atoms with Gasteiger partial charge in [0.05, 0.1) is 18.8 Å². The van der Waals surface area contributed by atoms with E-state index in [4.69, 9.17) is 9.47 Å². The molecule has 1 amide bonds. The molecule has 0 unspecified atom stereocenters. The van der Waals surface area contributed by atoms with Crippen LogP contribution in [0.5, 0.6) is 0 Å². The molecule has 2 aliphatic rings. The van der Waals surface area contributed by atoms with Gasteiger partial charge in [0.1, 0.15) is 12.4 Å². The zero-order valence-electron chi connectivity index (χ0n) is 11.7. The number of aromatic nitrogens is 2. The number of hydrogen-bond acceptors (Lipinski definition) is 4. The molecule has 0 spiro atoms. The van der Waals surface area contributed by atoms with Crippen LogP contribution in [-0.2, 0) is 14.3 Å². The number of methoxy groups -OCH3 is 1. The molecule has 110 valence electrons. The largest absolute Gasteiger partial charge is 0.380 e. The van der Waals surface area contributed by atoms with Gasteiger partial charge in [0.15, 0.2) is 0 Å². The molecule has 6 nitrogen and oxygen atoms in total. The molecular weight excluding hydrogens is 258 g/mol. The number of imidazole rings is 1. The van der Waals surface area contributed by atoms with Crippen LogP contribution in [0.1, 0.15) is 31.1 Å². The summed E-state index contributed by atoms with van der Waals surface area (Å²) in [5.41, 5.74) is 0. The van der Waals surface area contributed by atoms with Crippen LogP contribution < -0.4 is 0 Å². The quantitative estimate of drug-likeness (QED) is 0.847. The second-order valence-electron chi connectivity index (χ2n) is 5.59. The minimum absolute atomic E-state index is 0.0200. The lowest BCUT2D eigenvalue weighted by Crippen LogP contribution is -2.35. The lowest BCUT2D eigenvalue weighted by atomic mass is 10.2. The van der Waals surface area contributed by atoms with E-state index in [0.717, 1.165) is 12.2 Å². The Morgan fingerprint density at radius 1 is 1.55 bits per heavy atom. The summed E-state index contributed by atoms with van der Waals surface area (Å²) in [5, 5.41) is 0. The third kappa shape index (κ3) is 3.02. The highest BCUT2D eigenvalue weighted by molar-refractivity contribution is 5.78. The Labute approximate surface area is 118 Å². The highest BCUT2D eigenvalue weighted by atomic mass is 16.5. The van der Waals surface area contributed by atoms with Gasteiger partial charge in [-0.25, -0.2) is 4.98 Å². The molecule has 2 atom stereocenters. The third-order valence-electron chi connectivity index (χ3n) is 4.03. The summed E-state index contributed by atoms with van der Waals surface area (Å²) in [6, 6.07) is -0.0352. The van der Waals surface area contributed by atoms with Gasteiger partial charge in [-0.3, -0.25) is 4.79 Å². The fourth-order valence-corrected chi connectivity index (χ4v) is 2.64. The first-order chi connectivity index (χ1) is 9.78. The van der Waals surface area contributed by atoms with Crippen molar-refractivity contribution in [2.75, 3.05) is 26.9 Å². The van der Waals surface area contributed by atoms with Gasteiger partial charge >= 0.3 is 0 Å². The lowest BCUT2D eigenvalue weighted by Gasteiger charge is -2.22. The fourth-order valence-electron chi connectivity index (χ4n) is 2.64. The number of carbonyl (C=O) groups excluding carboxylic acids is 1. The highest BCUT2D eigenvalue weighted by Crippen LogP contribution is 2.32. The Balaban J connectivity index is 1.60. The summed E-state index contributed by atoms with van der Waals surface area (Å²) >= 11 is 0. The maximum absolute atomic E-state index is 12.3. The first kappa shape index (κ1) is 13.6. The smallest absolute Gasteiger partial charge is 0.249 e. The van der Waals surface area contributed by atoms with E-state index in [1.807, 2.05) is 4.90 Å². The Bertz CT molecular complexity index is 445. The lowest BCUT2D eigenvalue weighted by molar-refractivity contribution is -0.137. The van der Waals surface area contributed by atoms with Crippen LogP contribution in [0.2, 0.25) is 0 Å². The molecule has 2 heterocycles. The predicted octanol–water partition coefficient (Wildman–Crippen LogP) is 1.12. The Morgan fingerprint density at radius 3 is 3.05 bits per heavy atom. The van der Waals surface area contributed by atoms with Crippen molar-refractivity contribution < 1.29 is 14.3 Å². The molecule has 6 heteroatoms. The number of nitrogens with one attached hydrogen (secondary N) is 1. The number of aromatic amines is 1. The van der Waals surface area contributed by atoms with Gasteiger partial charge in [0, 0.05) is 32.5 Å². The van der Waals surface area contributed by atoms with Crippen molar-refractivity contribution in [3.05, 3.63) is 18.2 Å². The molecule has 1 N–H and O–H groups in total. The number of amides is 1. The topological polar surface area (TPSA) is 67.5 Å². The fraction of sp³-hybridized carbons (Fsp3) is 0.714.